The van der Waals surface area contributed by atoms with Crippen LogP contribution in [0.3, 0.4) is 0 Å². The summed E-state index contributed by atoms with van der Waals surface area (Å²) in [4.78, 5) is 17.7. The van der Waals surface area contributed by atoms with Crippen LogP contribution in [0.2, 0.25) is 0 Å². The first kappa shape index (κ1) is 17.4. The molecule has 0 saturated heterocycles. The number of hydrogen-bond acceptors (Lipinski definition) is 7. The minimum atomic E-state index is 0.658. The van der Waals surface area contributed by atoms with Crippen LogP contribution in [0.4, 0.5) is 0 Å². The van der Waals surface area contributed by atoms with E-state index in [9.17, 15) is 0 Å². The van der Waals surface area contributed by atoms with E-state index in [4.69, 9.17) is 9.97 Å². The van der Waals surface area contributed by atoms with Gasteiger partial charge in [-0.1, -0.05) is 18.2 Å². The van der Waals surface area contributed by atoms with Crippen LogP contribution in [0, 0.1) is 0 Å². The second-order valence-electron chi connectivity index (χ2n) is 6.31. The number of para-hydroxylation sites is 1. The van der Waals surface area contributed by atoms with Crippen molar-refractivity contribution in [3.05, 3.63) is 73.3 Å². The standard InChI is InChI=1S/C21H15N7S/c1-28-19(15-8-12-23-13-9-15)26-27-21(28)29-20-16-4-2-3-5-17(16)24-18(25-20)14-6-10-22-11-7-14/h2-13H,1H3. The largest absolute Gasteiger partial charge is 0.305 e. The Labute approximate surface area is 170 Å². The molecule has 5 rings (SSSR count). The summed E-state index contributed by atoms with van der Waals surface area (Å²) >= 11 is 1.48. The lowest BCUT2D eigenvalue weighted by molar-refractivity contribution is 0.792. The second-order valence-corrected chi connectivity index (χ2v) is 7.26. The Balaban J connectivity index is 1.60. The van der Waals surface area contributed by atoms with Gasteiger partial charge in [-0.05, 0) is 42.1 Å². The van der Waals surface area contributed by atoms with Crippen molar-refractivity contribution in [2.24, 2.45) is 7.05 Å². The molecule has 0 unspecified atom stereocenters. The predicted molar refractivity (Wildman–Crippen MR) is 111 cm³/mol. The lowest BCUT2D eigenvalue weighted by Crippen LogP contribution is -1.97. The van der Waals surface area contributed by atoms with Crippen molar-refractivity contribution in [3.63, 3.8) is 0 Å². The lowest BCUT2D eigenvalue weighted by Gasteiger charge is -2.08. The molecule has 0 fully saturated rings. The lowest BCUT2D eigenvalue weighted by atomic mass is 10.2. The van der Waals surface area contributed by atoms with Gasteiger partial charge in [0.2, 0.25) is 0 Å². The Morgan fingerprint density at radius 2 is 1.45 bits per heavy atom. The number of nitrogens with zero attached hydrogens (tertiary/aromatic N) is 7. The molecule has 8 heteroatoms. The minimum absolute atomic E-state index is 0.658. The van der Waals surface area contributed by atoms with E-state index in [0.29, 0.717) is 5.82 Å². The third kappa shape index (κ3) is 3.34. The molecular weight excluding hydrogens is 382 g/mol. The van der Waals surface area contributed by atoms with Crippen LogP contribution in [0.25, 0.3) is 33.7 Å². The second kappa shape index (κ2) is 7.40. The Morgan fingerprint density at radius 3 is 2.21 bits per heavy atom. The number of rotatable bonds is 4. The van der Waals surface area contributed by atoms with Crippen molar-refractivity contribution in [3.8, 4) is 22.8 Å². The van der Waals surface area contributed by atoms with Crippen molar-refractivity contribution in [2.45, 2.75) is 10.2 Å². The van der Waals surface area contributed by atoms with Crippen molar-refractivity contribution in [1.82, 2.24) is 34.7 Å². The molecule has 4 heterocycles. The molecule has 5 aromatic rings. The molecule has 0 amide bonds. The highest BCUT2D eigenvalue weighted by Crippen LogP contribution is 2.33. The van der Waals surface area contributed by atoms with Gasteiger partial charge in [-0.15, -0.1) is 10.2 Å². The summed E-state index contributed by atoms with van der Waals surface area (Å²) in [6.45, 7) is 0. The van der Waals surface area contributed by atoms with Crippen LogP contribution >= 0.6 is 11.8 Å². The Kier molecular flexibility index (Phi) is 4.45. The molecule has 1 aromatic carbocycles. The molecule has 29 heavy (non-hydrogen) atoms. The Bertz CT molecular complexity index is 1290. The number of pyridine rings is 2. The van der Waals surface area contributed by atoms with E-state index in [0.717, 1.165) is 38.0 Å². The zero-order valence-corrected chi connectivity index (χ0v) is 16.3. The average molecular weight is 397 g/mol. The number of aromatic nitrogens is 7. The molecule has 0 aliphatic carbocycles. The molecule has 0 radical (unpaired) electrons. The van der Waals surface area contributed by atoms with Crippen LogP contribution < -0.4 is 0 Å². The van der Waals surface area contributed by atoms with Crippen LogP contribution in [0.5, 0.6) is 0 Å². The predicted octanol–water partition coefficient (Wildman–Crippen LogP) is 4.03. The van der Waals surface area contributed by atoms with Crippen LogP contribution in [-0.2, 0) is 7.05 Å². The fourth-order valence-corrected chi connectivity index (χ4v) is 3.89. The summed E-state index contributed by atoms with van der Waals surface area (Å²) in [5.74, 6) is 1.44. The zero-order valence-electron chi connectivity index (χ0n) is 15.5. The molecule has 0 bridgehead atoms. The van der Waals surface area contributed by atoms with E-state index in [2.05, 4.69) is 20.2 Å². The van der Waals surface area contributed by atoms with Gasteiger partial charge in [0.15, 0.2) is 16.8 Å². The topological polar surface area (TPSA) is 82.3 Å². The minimum Gasteiger partial charge on any atom is -0.305 e. The monoisotopic (exact) mass is 397 g/mol. The molecule has 4 aromatic heterocycles. The van der Waals surface area contributed by atoms with E-state index in [1.54, 1.807) is 24.8 Å². The molecule has 0 aliphatic heterocycles. The highest BCUT2D eigenvalue weighted by Gasteiger charge is 2.16. The summed E-state index contributed by atoms with van der Waals surface area (Å²) < 4.78 is 1.96. The van der Waals surface area contributed by atoms with Crippen molar-refractivity contribution in [2.75, 3.05) is 0 Å². The van der Waals surface area contributed by atoms with Gasteiger partial charge in [0, 0.05) is 48.3 Å². The van der Waals surface area contributed by atoms with Gasteiger partial charge in [-0.2, -0.15) is 0 Å². The Hall–Kier alpha value is -3.65. The fourth-order valence-electron chi connectivity index (χ4n) is 3.00. The average Bonchev–Trinajstić information content (AvgIpc) is 3.15. The number of benzene rings is 1. The zero-order chi connectivity index (χ0) is 19.6. The molecule has 0 spiro atoms. The molecular formula is C21H15N7S. The molecule has 0 N–H and O–H groups in total. The summed E-state index contributed by atoms with van der Waals surface area (Å²) in [5, 5.41) is 11.3. The molecule has 0 saturated carbocycles. The van der Waals surface area contributed by atoms with Gasteiger partial charge in [-0.25, -0.2) is 9.97 Å². The fraction of sp³-hybridized carbons (Fsp3) is 0.0476. The van der Waals surface area contributed by atoms with Gasteiger partial charge in [-0.3, -0.25) is 9.97 Å². The van der Waals surface area contributed by atoms with E-state index < -0.39 is 0 Å². The smallest absolute Gasteiger partial charge is 0.197 e. The summed E-state index contributed by atoms with van der Waals surface area (Å²) in [7, 11) is 1.95. The molecule has 0 atom stereocenters. The van der Waals surface area contributed by atoms with E-state index in [1.807, 2.05) is 60.1 Å². The molecule has 7 nitrogen and oxygen atoms in total. The maximum absolute atomic E-state index is 4.82. The van der Waals surface area contributed by atoms with E-state index in [1.165, 1.54) is 11.8 Å². The Morgan fingerprint density at radius 1 is 0.759 bits per heavy atom. The van der Waals surface area contributed by atoms with Gasteiger partial charge in [0.1, 0.15) is 5.03 Å². The van der Waals surface area contributed by atoms with Crippen molar-refractivity contribution < 1.29 is 0 Å². The molecule has 140 valence electrons. The maximum Gasteiger partial charge on any atom is 0.197 e. The van der Waals surface area contributed by atoms with Gasteiger partial charge in [0.05, 0.1) is 5.52 Å². The van der Waals surface area contributed by atoms with Crippen molar-refractivity contribution in [1.29, 1.82) is 0 Å². The van der Waals surface area contributed by atoms with Gasteiger partial charge >= 0.3 is 0 Å². The normalized spacial score (nSPS) is 11.1. The summed E-state index contributed by atoms with van der Waals surface area (Å²) in [6, 6.07) is 15.6. The van der Waals surface area contributed by atoms with E-state index in [-0.39, 0.29) is 0 Å². The molecule has 0 aliphatic rings. The van der Waals surface area contributed by atoms with Crippen LogP contribution in [0.15, 0.2) is 83.5 Å². The highest BCUT2D eigenvalue weighted by molar-refractivity contribution is 7.99. The summed E-state index contributed by atoms with van der Waals surface area (Å²) in [5.41, 5.74) is 2.77. The first-order chi connectivity index (χ1) is 14.3. The van der Waals surface area contributed by atoms with Gasteiger partial charge < -0.3 is 4.57 Å². The third-order valence-corrected chi connectivity index (χ3v) is 5.51. The first-order valence-electron chi connectivity index (χ1n) is 8.94. The quantitative estimate of drug-likeness (QED) is 0.423. The SMILES string of the molecule is Cn1c(Sc2nc(-c3ccncc3)nc3ccccc23)nnc1-c1ccncc1. The van der Waals surface area contributed by atoms with E-state index >= 15 is 0 Å². The van der Waals surface area contributed by atoms with Crippen LogP contribution in [0.1, 0.15) is 0 Å². The first-order valence-corrected chi connectivity index (χ1v) is 9.76. The highest BCUT2D eigenvalue weighted by atomic mass is 32.2. The number of fused-ring (bicyclic) bond motifs is 1. The van der Waals surface area contributed by atoms with Crippen LogP contribution in [-0.4, -0.2) is 34.7 Å². The van der Waals surface area contributed by atoms with Crippen molar-refractivity contribution >= 4 is 22.7 Å². The number of hydrogen-bond donors (Lipinski definition) is 0. The van der Waals surface area contributed by atoms with Gasteiger partial charge in [0.25, 0.3) is 0 Å². The third-order valence-electron chi connectivity index (χ3n) is 4.47. The summed E-state index contributed by atoms with van der Waals surface area (Å²) in [6.07, 6.45) is 6.97. The maximum atomic E-state index is 4.82.